The molecule has 3 N–H and O–H groups in total. The molecule has 1 aliphatic carbocycles. The number of nitrogens with one attached hydrogen (secondary N) is 2. The summed E-state index contributed by atoms with van der Waals surface area (Å²) in [5.74, 6) is 0.673. The Hall–Kier alpha value is -2.36. The molecule has 9 heteroatoms. The van der Waals surface area contributed by atoms with Crippen molar-refractivity contribution in [3.8, 4) is 5.75 Å². The Bertz CT molecular complexity index is 815. The zero-order valence-electron chi connectivity index (χ0n) is 19.2. The van der Waals surface area contributed by atoms with E-state index in [1.807, 2.05) is 0 Å². The van der Waals surface area contributed by atoms with Gasteiger partial charge in [-0.15, -0.1) is 0 Å². The van der Waals surface area contributed by atoms with E-state index in [9.17, 15) is 14.7 Å². The number of fused-ring (bicyclic) bond motifs is 1. The molecule has 1 saturated carbocycles. The van der Waals surface area contributed by atoms with Gasteiger partial charge in [0.1, 0.15) is 11.9 Å². The number of urea groups is 1. The van der Waals surface area contributed by atoms with Crippen LogP contribution in [0.2, 0.25) is 0 Å². The predicted molar refractivity (Wildman–Crippen MR) is 122 cm³/mol. The minimum absolute atomic E-state index is 0.0279. The van der Waals surface area contributed by atoms with Crippen LogP contribution in [0, 0.1) is 0 Å². The average Bonchev–Trinajstić information content (AvgIpc) is 3.29. The van der Waals surface area contributed by atoms with E-state index in [1.54, 1.807) is 36.3 Å². The fourth-order valence-electron chi connectivity index (χ4n) is 5.03. The number of β-amino-alcohol motifs (C(OH)–C–C–N with tert-alkyl or cyclic N) is 1. The molecular formula is C24H35N3O6. The summed E-state index contributed by atoms with van der Waals surface area (Å²) in [5, 5.41) is 16.3. The number of nitrogens with zero attached hydrogens (tertiary/aromatic N) is 1. The molecule has 1 aromatic carbocycles. The number of aliphatic hydroxyl groups is 1. The van der Waals surface area contributed by atoms with Crippen molar-refractivity contribution < 1.29 is 28.9 Å². The van der Waals surface area contributed by atoms with Crippen LogP contribution in [0.25, 0.3) is 0 Å². The first-order chi connectivity index (χ1) is 16.0. The summed E-state index contributed by atoms with van der Waals surface area (Å²) in [6.07, 6.45) is 4.76. The Labute approximate surface area is 194 Å². The highest BCUT2D eigenvalue weighted by Crippen LogP contribution is 2.29. The van der Waals surface area contributed by atoms with Gasteiger partial charge < -0.3 is 34.9 Å². The Morgan fingerprint density at radius 1 is 1.18 bits per heavy atom. The zero-order chi connectivity index (χ0) is 23.2. The van der Waals surface area contributed by atoms with Gasteiger partial charge in [0.25, 0.3) is 0 Å². The summed E-state index contributed by atoms with van der Waals surface area (Å²) < 4.78 is 17.1. The highest BCUT2D eigenvalue weighted by atomic mass is 16.5. The number of carbonyl (C=O) groups is 2. The smallest absolute Gasteiger partial charge is 0.322 e. The maximum absolute atomic E-state index is 13.2. The molecule has 4 atom stereocenters. The van der Waals surface area contributed by atoms with Crippen LogP contribution in [0.15, 0.2) is 24.3 Å². The van der Waals surface area contributed by atoms with Crippen molar-refractivity contribution in [3.05, 3.63) is 24.3 Å². The van der Waals surface area contributed by atoms with Gasteiger partial charge >= 0.3 is 6.03 Å². The van der Waals surface area contributed by atoms with Crippen molar-refractivity contribution in [2.24, 2.45) is 0 Å². The van der Waals surface area contributed by atoms with E-state index in [0.29, 0.717) is 30.7 Å². The lowest BCUT2D eigenvalue weighted by molar-refractivity contribution is -0.150. The topological polar surface area (TPSA) is 109 Å². The summed E-state index contributed by atoms with van der Waals surface area (Å²) >= 11 is 0. The van der Waals surface area contributed by atoms with Crippen LogP contribution < -0.4 is 15.4 Å². The second kappa shape index (κ2) is 11.2. The molecule has 2 aliphatic heterocycles. The summed E-state index contributed by atoms with van der Waals surface area (Å²) in [6, 6.07) is 6.88. The standard InChI is InChI=1S/C24H35N3O6/c1-31-19-8-4-7-17(11-19)26-24(30)27-13-18(28)14-32-15-22-21(27)10-9-20(33-22)12-23(29)25-16-5-2-3-6-16/h4,7-8,11,16,18,20-22,28H,2-3,5-6,9-10,12-15H2,1H3,(H,25,29)(H,26,30)/t18-,20-,21-,22+/m0/s1. The molecule has 182 valence electrons. The van der Waals surface area contributed by atoms with Crippen LogP contribution in [0.3, 0.4) is 0 Å². The van der Waals surface area contributed by atoms with Crippen LogP contribution in [0.5, 0.6) is 5.75 Å². The molecule has 0 radical (unpaired) electrons. The largest absolute Gasteiger partial charge is 0.497 e. The van der Waals surface area contributed by atoms with E-state index < -0.39 is 6.10 Å². The molecule has 33 heavy (non-hydrogen) atoms. The highest BCUT2D eigenvalue weighted by Gasteiger charge is 2.40. The van der Waals surface area contributed by atoms with Crippen LogP contribution in [0.1, 0.15) is 44.9 Å². The number of methoxy groups -OCH3 is 1. The molecule has 0 aromatic heterocycles. The van der Waals surface area contributed by atoms with E-state index in [4.69, 9.17) is 14.2 Å². The van der Waals surface area contributed by atoms with Crippen molar-refractivity contribution in [2.75, 3.05) is 32.2 Å². The monoisotopic (exact) mass is 461 g/mol. The summed E-state index contributed by atoms with van der Waals surface area (Å²) in [6.45, 7) is 0.543. The molecule has 4 rings (SSSR count). The number of hydrogen-bond donors (Lipinski definition) is 3. The lowest BCUT2D eigenvalue weighted by Crippen LogP contribution is -2.58. The summed E-state index contributed by atoms with van der Waals surface area (Å²) in [5.41, 5.74) is 0.613. The van der Waals surface area contributed by atoms with Gasteiger partial charge in [0.2, 0.25) is 5.91 Å². The average molecular weight is 462 g/mol. The van der Waals surface area contributed by atoms with Gasteiger partial charge in [-0.3, -0.25) is 4.79 Å². The van der Waals surface area contributed by atoms with E-state index in [2.05, 4.69) is 10.6 Å². The van der Waals surface area contributed by atoms with Gasteiger partial charge in [-0.25, -0.2) is 4.79 Å². The van der Waals surface area contributed by atoms with E-state index in [0.717, 1.165) is 12.8 Å². The number of rotatable bonds is 5. The van der Waals surface area contributed by atoms with E-state index in [-0.39, 0.29) is 56.0 Å². The van der Waals surface area contributed by atoms with Gasteiger partial charge in [-0.2, -0.15) is 0 Å². The molecule has 2 heterocycles. The number of ether oxygens (including phenoxy) is 3. The lowest BCUT2D eigenvalue weighted by Gasteiger charge is -2.44. The molecule has 1 aromatic rings. The molecule has 3 aliphatic rings. The van der Waals surface area contributed by atoms with Crippen molar-refractivity contribution in [1.82, 2.24) is 10.2 Å². The zero-order valence-corrected chi connectivity index (χ0v) is 19.2. The Morgan fingerprint density at radius 2 is 2.00 bits per heavy atom. The maximum Gasteiger partial charge on any atom is 0.322 e. The van der Waals surface area contributed by atoms with Crippen molar-refractivity contribution in [2.45, 2.75) is 75.3 Å². The second-order valence-electron chi connectivity index (χ2n) is 9.20. The Balaban J connectivity index is 1.39. The number of benzene rings is 1. The number of amides is 3. The third-order valence-electron chi connectivity index (χ3n) is 6.70. The van der Waals surface area contributed by atoms with Crippen molar-refractivity contribution >= 4 is 17.6 Å². The van der Waals surface area contributed by atoms with Crippen LogP contribution >= 0.6 is 0 Å². The minimum atomic E-state index is -0.781. The molecule has 0 unspecified atom stereocenters. The highest BCUT2D eigenvalue weighted by molar-refractivity contribution is 5.89. The van der Waals surface area contributed by atoms with Crippen LogP contribution in [-0.2, 0) is 14.3 Å². The van der Waals surface area contributed by atoms with Gasteiger partial charge in [0, 0.05) is 17.8 Å². The van der Waals surface area contributed by atoms with E-state index in [1.165, 1.54) is 12.8 Å². The fourth-order valence-corrected chi connectivity index (χ4v) is 5.03. The third-order valence-corrected chi connectivity index (χ3v) is 6.70. The first-order valence-corrected chi connectivity index (χ1v) is 11.9. The summed E-state index contributed by atoms with van der Waals surface area (Å²) in [4.78, 5) is 27.3. The molecule has 0 spiro atoms. The Morgan fingerprint density at radius 3 is 2.79 bits per heavy atom. The molecule has 0 bridgehead atoms. The van der Waals surface area contributed by atoms with Gasteiger partial charge in [0.15, 0.2) is 0 Å². The molecule has 3 fully saturated rings. The first-order valence-electron chi connectivity index (χ1n) is 11.9. The normalized spacial score (nSPS) is 28.4. The van der Waals surface area contributed by atoms with Crippen molar-refractivity contribution in [3.63, 3.8) is 0 Å². The van der Waals surface area contributed by atoms with Gasteiger partial charge in [0.05, 0.1) is 51.5 Å². The van der Waals surface area contributed by atoms with Gasteiger partial charge in [-0.1, -0.05) is 18.9 Å². The Kier molecular flexibility index (Phi) is 8.06. The SMILES string of the molecule is COc1cccc(NC(=O)N2C[C@H](O)COC[C@H]3O[C@H](CC(=O)NC4CCCC4)CC[C@@H]32)c1. The lowest BCUT2D eigenvalue weighted by atomic mass is 9.95. The van der Waals surface area contributed by atoms with Crippen LogP contribution in [0.4, 0.5) is 10.5 Å². The van der Waals surface area contributed by atoms with E-state index >= 15 is 0 Å². The predicted octanol–water partition coefficient (Wildman–Crippen LogP) is 2.29. The number of aliphatic hydroxyl groups excluding tert-OH is 1. The minimum Gasteiger partial charge on any atom is -0.497 e. The number of anilines is 1. The number of hydrogen-bond acceptors (Lipinski definition) is 6. The van der Waals surface area contributed by atoms with Gasteiger partial charge in [-0.05, 0) is 37.8 Å². The molecular weight excluding hydrogens is 426 g/mol. The first kappa shape index (κ1) is 23.8. The second-order valence-corrected chi connectivity index (χ2v) is 9.20. The molecule has 3 amide bonds. The quantitative estimate of drug-likeness (QED) is 0.621. The van der Waals surface area contributed by atoms with Crippen molar-refractivity contribution in [1.29, 1.82) is 0 Å². The number of carbonyl (C=O) groups excluding carboxylic acids is 2. The maximum atomic E-state index is 13.2. The molecule has 9 nitrogen and oxygen atoms in total. The molecule has 2 saturated heterocycles. The van der Waals surface area contributed by atoms with Crippen LogP contribution in [-0.4, -0.2) is 79.2 Å². The summed E-state index contributed by atoms with van der Waals surface area (Å²) in [7, 11) is 1.57. The fraction of sp³-hybridized carbons (Fsp3) is 0.667. The third kappa shape index (κ3) is 6.37.